The molecular weight excluding hydrogens is 284 g/mol. The van der Waals surface area contributed by atoms with Crippen LogP contribution in [0.25, 0.3) is 0 Å². The minimum Gasteiger partial charge on any atom is -0.374 e. The van der Waals surface area contributed by atoms with Gasteiger partial charge in [0.15, 0.2) is 0 Å². The van der Waals surface area contributed by atoms with Crippen LogP contribution >= 0.6 is 0 Å². The summed E-state index contributed by atoms with van der Waals surface area (Å²) < 4.78 is 0. The van der Waals surface area contributed by atoms with Crippen LogP contribution in [0.4, 0.5) is 16.2 Å². The zero-order chi connectivity index (χ0) is 16.3. The van der Waals surface area contributed by atoms with Crippen molar-refractivity contribution in [2.75, 3.05) is 23.7 Å². The predicted molar refractivity (Wildman–Crippen MR) is 83.7 cm³/mol. The zero-order valence-electron chi connectivity index (χ0n) is 12.9. The van der Waals surface area contributed by atoms with E-state index in [2.05, 4.69) is 16.0 Å². The molecule has 7 heteroatoms. The van der Waals surface area contributed by atoms with Gasteiger partial charge in [-0.05, 0) is 37.6 Å². The molecule has 0 bridgehead atoms. The van der Waals surface area contributed by atoms with Gasteiger partial charge in [-0.3, -0.25) is 14.5 Å². The van der Waals surface area contributed by atoms with Gasteiger partial charge in [0.05, 0.1) is 0 Å². The molecule has 7 nitrogen and oxygen atoms in total. The second-order valence-electron chi connectivity index (χ2n) is 5.30. The lowest BCUT2D eigenvalue weighted by atomic mass is 10.1. The topological polar surface area (TPSA) is 90.5 Å². The van der Waals surface area contributed by atoms with E-state index in [1.807, 2.05) is 13.0 Å². The van der Waals surface area contributed by atoms with Crippen LogP contribution in [0.15, 0.2) is 18.2 Å². The minimum absolute atomic E-state index is 0.132. The fraction of sp³-hybridized carbons (Fsp3) is 0.400. The molecule has 3 N–H and O–H groups in total. The monoisotopic (exact) mass is 304 g/mol. The van der Waals surface area contributed by atoms with E-state index in [1.165, 1.54) is 11.8 Å². The first kappa shape index (κ1) is 15.8. The van der Waals surface area contributed by atoms with E-state index in [4.69, 9.17) is 0 Å². The molecule has 1 atom stereocenters. The number of benzene rings is 1. The first-order valence-electron chi connectivity index (χ1n) is 7.12. The van der Waals surface area contributed by atoms with Gasteiger partial charge in [0.2, 0.25) is 5.91 Å². The summed E-state index contributed by atoms with van der Waals surface area (Å²) in [7, 11) is 0. The Balaban J connectivity index is 2.03. The fourth-order valence-electron chi connectivity index (χ4n) is 2.31. The highest BCUT2D eigenvalue weighted by Gasteiger charge is 2.29. The van der Waals surface area contributed by atoms with E-state index in [0.29, 0.717) is 13.1 Å². The number of carbonyl (C=O) groups excluding carboxylic acids is 3. The Morgan fingerprint density at radius 2 is 2.09 bits per heavy atom. The van der Waals surface area contributed by atoms with Gasteiger partial charge in [0, 0.05) is 31.4 Å². The predicted octanol–water partition coefficient (Wildman–Crippen LogP) is 1.31. The van der Waals surface area contributed by atoms with Crippen LogP contribution in [-0.2, 0) is 9.59 Å². The van der Waals surface area contributed by atoms with Crippen LogP contribution in [-0.4, -0.2) is 41.9 Å². The number of hydrogen-bond donors (Lipinski definition) is 3. The van der Waals surface area contributed by atoms with Gasteiger partial charge in [0.25, 0.3) is 5.91 Å². The van der Waals surface area contributed by atoms with Crippen molar-refractivity contribution in [3.8, 4) is 0 Å². The molecular formula is C15H20N4O3. The third-order valence-electron chi connectivity index (χ3n) is 3.41. The quantitative estimate of drug-likeness (QED) is 0.782. The molecule has 1 saturated heterocycles. The maximum absolute atomic E-state index is 12.2. The standard InChI is InChI=1S/C15H20N4O3/c1-9-8-12(4-5-13(9)18-11(3)20)17-10(2)14(21)19-7-6-16-15(19)22/h4-5,8,10,17H,6-7H2,1-3H3,(H,16,22)(H,18,20)/t10-/m0/s1. The van der Waals surface area contributed by atoms with Gasteiger partial charge in [-0.1, -0.05) is 0 Å². The zero-order valence-corrected chi connectivity index (χ0v) is 12.9. The van der Waals surface area contributed by atoms with E-state index in [0.717, 1.165) is 16.9 Å². The SMILES string of the molecule is CC(=O)Nc1ccc(N[C@@H](C)C(=O)N2CCNC2=O)cc1C. The van der Waals surface area contributed by atoms with Gasteiger partial charge in [-0.15, -0.1) is 0 Å². The lowest BCUT2D eigenvalue weighted by Crippen LogP contribution is -2.43. The summed E-state index contributed by atoms with van der Waals surface area (Å²) in [5, 5.41) is 8.41. The third-order valence-corrected chi connectivity index (χ3v) is 3.41. The molecule has 1 heterocycles. The van der Waals surface area contributed by atoms with E-state index in [9.17, 15) is 14.4 Å². The number of hydrogen-bond acceptors (Lipinski definition) is 4. The number of imide groups is 1. The van der Waals surface area contributed by atoms with E-state index < -0.39 is 6.04 Å². The second-order valence-corrected chi connectivity index (χ2v) is 5.30. The number of amides is 4. The average Bonchev–Trinajstić information content (AvgIpc) is 2.86. The van der Waals surface area contributed by atoms with Crippen molar-refractivity contribution in [3.63, 3.8) is 0 Å². The number of anilines is 2. The Kier molecular flexibility index (Phi) is 4.65. The summed E-state index contributed by atoms with van der Waals surface area (Å²) in [5.74, 6) is -0.397. The highest BCUT2D eigenvalue weighted by molar-refractivity contribution is 5.99. The summed E-state index contributed by atoms with van der Waals surface area (Å²) in [4.78, 5) is 36.0. The second kappa shape index (κ2) is 6.46. The minimum atomic E-state index is -0.519. The summed E-state index contributed by atoms with van der Waals surface area (Å²) >= 11 is 0. The van der Waals surface area contributed by atoms with Gasteiger partial charge in [-0.25, -0.2) is 4.79 Å². The number of carbonyl (C=O) groups is 3. The lowest BCUT2D eigenvalue weighted by molar-refractivity contribution is -0.128. The van der Waals surface area contributed by atoms with Crippen molar-refractivity contribution >= 4 is 29.2 Å². The van der Waals surface area contributed by atoms with Crippen molar-refractivity contribution in [2.45, 2.75) is 26.8 Å². The Hall–Kier alpha value is -2.57. The molecule has 0 radical (unpaired) electrons. The van der Waals surface area contributed by atoms with Crippen LogP contribution < -0.4 is 16.0 Å². The summed E-state index contributed by atoms with van der Waals surface area (Å²) in [6.07, 6.45) is 0. The number of urea groups is 1. The molecule has 1 aliphatic rings. The highest BCUT2D eigenvalue weighted by Crippen LogP contribution is 2.20. The lowest BCUT2D eigenvalue weighted by Gasteiger charge is -2.20. The van der Waals surface area contributed by atoms with Crippen LogP contribution in [0.2, 0.25) is 0 Å². The maximum atomic E-state index is 12.2. The summed E-state index contributed by atoms with van der Waals surface area (Å²) in [5.41, 5.74) is 2.38. The molecule has 22 heavy (non-hydrogen) atoms. The van der Waals surface area contributed by atoms with Crippen LogP contribution in [0.3, 0.4) is 0 Å². The van der Waals surface area contributed by atoms with Crippen LogP contribution in [0.1, 0.15) is 19.4 Å². The van der Waals surface area contributed by atoms with Crippen LogP contribution in [0.5, 0.6) is 0 Å². The molecule has 0 saturated carbocycles. The average molecular weight is 304 g/mol. The van der Waals surface area contributed by atoms with Gasteiger partial charge >= 0.3 is 6.03 Å². The van der Waals surface area contributed by atoms with E-state index in [1.54, 1.807) is 19.1 Å². The molecule has 0 aromatic heterocycles. The Morgan fingerprint density at radius 3 is 2.64 bits per heavy atom. The largest absolute Gasteiger partial charge is 0.374 e. The normalized spacial score (nSPS) is 15.2. The molecule has 118 valence electrons. The molecule has 0 aliphatic carbocycles. The van der Waals surface area contributed by atoms with Gasteiger partial charge in [0.1, 0.15) is 6.04 Å². The highest BCUT2D eigenvalue weighted by atomic mass is 16.2. The van der Waals surface area contributed by atoms with Crippen LogP contribution in [0, 0.1) is 6.92 Å². The Labute approximate surface area is 129 Å². The maximum Gasteiger partial charge on any atom is 0.324 e. The van der Waals surface area contributed by atoms with E-state index >= 15 is 0 Å². The summed E-state index contributed by atoms with van der Waals surface area (Å²) in [6, 6.07) is 4.54. The number of aryl methyl sites for hydroxylation is 1. The molecule has 2 rings (SSSR count). The van der Waals surface area contributed by atoms with Crippen molar-refractivity contribution in [3.05, 3.63) is 23.8 Å². The van der Waals surface area contributed by atoms with Crippen molar-refractivity contribution < 1.29 is 14.4 Å². The van der Waals surface area contributed by atoms with E-state index in [-0.39, 0.29) is 17.8 Å². The van der Waals surface area contributed by atoms with Crippen molar-refractivity contribution in [1.82, 2.24) is 10.2 Å². The third kappa shape index (κ3) is 3.55. The first-order valence-corrected chi connectivity index (χ1v) is 7.12. The number of rotatable bonds is 4. The molecule has 0 unspecified atom stereocenters. The molecule has 1 aromatic rings. The Morgan fingerprint density at radius 1 is 1.36 bits per heavy atom. The first-order chi connectivity index (χ1) is 10.4. The smallest absolute Gasteiger partial charge is 0.324 e. The molecule has 1 fully saturated rings. The summed E-state index contributed by atoms with van der Waals surface area (Å²) in [6.45, 7) is 5.92. The van der Waals surface area contributed by atoms with Crippen molar-refractivity contribution in [1.29, 1.82) is 0 Å². The number of nitrogens with one attached hydrogen (secondary N) is 3. The van der Waals surface area contributed by atoms with Crippen molar-refractivity contribution in [2.24, 2.45) is 0 Å². The number of nitrogens with zero attached hydrogens (tertiary/aromatic N) is 1. The van der Waals surface area contributed by atoms with Gasteiger partial charge in [-0.2, -0.15) is 0 Å². The molecule has 1 aliphatic heterocycles. The van der Waals surface area contributed by atoms with Gasteiger partial charge < -0.3 is 16.0 Å². The Bertz CT molecular complexity index is 615. The molecule has 0 spiro atoms. The molecule has 4 amide bonds. The molecule has 1 aromatic carbocycles. The fourth-order valence-corrected chi connectivity index (χ4v) is 2.31.